The molecule has 0 bridgehead atoms. The molecule has 0 atom stereocenters. The van der Waals surface area contributed by atoms with Crippen LogP contribution in [-0.4, -0.2) is 35.8 Å². The molecular weight excluding hydrogens is 365 g/mol. The van der Waals surface area contributed by atoms with Crippen molar-refractivity contribution in [1.82, 2.24) is 4.98 Å². The lowest BCUT2D eigenvalue weighted by Gasteiger charge is -2.27. The molecule has 1 heterocycles. The first-order valence-corrected chi connectivity index (χ1v) is 7.62. The summed E-state index contributed by atoms with van der Waals surface area (Å²) in [5, 5.41) is -0.484. The van der Waals surface area contributed by atoms with Gasteiger partial charge in [0.25, 0.3) is 0 Å². The number of nitrogens with zero attached hydrogens (tertiary/aromatic N) is 2. The number of rotatable bonds is 4. The molecule has 1 aromatic heterocycles. The number of ether oxygens (including phenoxy) is 2. The Balaban J connectivity index is 3.29. The molecule has 0 radical (unpaired) electrons. The van der Waals surface area contributed by atoms with E-state index in [1.54, 1.807) is 27.7 Å². The van der Waals surface area contributed by atoms with Gasteiger partial charge in [0.05, 0.1) is 12.3 Å². The number of hydrogen-bond donors (Lipinski definition) is 0. The molecule has 0 aliphatic rings. The third-order valence-corrected chi connectivity index (χ3v) is 2.78. The molecule has 1 amide bonds. The van der Waals surface area contributed by atoms with Crippen LogP contribution in [0.15, 0.2) is 12.1 Å². The molecule has 140 valence electrons. The summed E-state index contributed by atoms with van der Waals surface area (Å²) < 4.78 is 48.6. The number of carbonyl (C=O) groups is 2. The van der Waals surface area contributed by atoms with Crippen molar-refractivity contribution in [3.05, 3.63) is 23.0 Å². The second-order valence-electron chi connectivity index (χ2n) is 5.90. The topological polar surface area (TPSA) is 68.7 Å². The summed E-state index contributed by atoms with van der Waals surface area (Å²) in [4.78, 5) is 27.9. The number of anilines is 1. The number of aromatic nitrogens is 1. The number of carbonyl (C=O) groups excluding carboxylic acids is 2. The van der Waals surface area contributed by atoms with Crippen LogP contribution in [0.25, 0.3) is 0 Å². The largest absolute Gasteiger partial charge is 0.465 e. The van der Waals surface area contributed by atoms with Crippen molar-refractivity contribution >= 4 is 29.4 Å². The predicted molar refractivity (Wildman–Crippen MR) is 84.5 cm³/mol. The van der Waals surface area contributed by atoms with Gasteiger partial charge in [-0.15, -0.1) is 0 Å². The van der Waals surface area contributed by atoms with Crippen LogP contribution < -0.4 is 4.90 Å². The van der Waals surface area contributed by atoms with E-state index in [1.165, 1.54) is 0 Å². The molecule has 1 rings (SSSR count). The monoisotopic (exact) mass is 382 g/mol. The summed E-state index contributed by atoms with van der Waals surface area (Å²) in [7, 11) is 0. The molecule has 10 heteroatoms. The highest BCUT2D eigenvalue weighted by atomic mass is 35.5. The fourth-order valence-corrected chi connectivity index (χ4v) is 1.90. The Morgan fingerprint density at radius 2 is 1.84 bits per heavy atom. The summed E-state index contributed by atoms with van der Waals surface area (Å²) in [5.41, 5.74) is -2.50. The van der Waals surface area contributed by atoms with Crippen LogP contribution >= 0.6 is 11.6 Å². The first kappa shape index (κ1) is 21.0. The van der Waals surface area contributed by atoms with Crippen LogP contribution in [0.1, 0.15) is 33.4 Å². The van der Waals surface area contributed by atoms with E-state index in [1.807, 2.05) is 0 Å². The van der Waals surface area contributed by atoms with Gasteiger partial charge < -0.3 is 9.47 Å². The zero-order valence-electron chi connectivity index (χ0n) is 14.1. The molecule has 6 nitrogen and oxygen atoms in total. The Hall–Kier alpha value is -2.03. The van der Waals surface area contributed by atoms with E-state index in [0.717, 1.165) is 6.07 Å². The Bertz CT molecular complexity index is 645. The number of hydrogen-bond acceptors (Lipinski definition) is 5. The van der Waals surface area contributed by atoms with Crippen molar-refractivity contribution in [3.63, 3.8) is 0 Å². The van der Waals surface area contributed by atoms with Crippen molar-refractivity contribution < 1.29 is 32.2 Å². The summed E-state index contributed by atoms with van der Waals surface area (Å²) in [6.07, 6.45) is -5.79. The zero-order valence-corrected chi connectivity index (χ0v) is 14.9. The minimum atomic E-state index is -4.77. The van der Waals surface area contributed by atoms with E-state index in [9.17, 15) is 22.8 Å². The molecule has 0 fully saturated rings. The molecule has 0 aromatic carbocycles. The Morgan fingerprint density at radius 1 is 1.24 bits per heavy atom. The lowest BCUT2D eigenvalue weighted by atomic mass is 10.2. The number of esters is 1. The van der Waals surface area contributed by atoms with Gasteiger partial charge in [-0.05, 0) is 39.8 Å². The van der Waals surface area contributed by atoms with Crippen LogP contribution in [0.3, 0.4) is 0 Å². The minimum Gasteiger partial charge on any atom is -0.465 e. The van der Waals surface area contributed by atoms with Crippen LogP contribution in [0.5, 0.6) is 0 Å². The number of amides is 1. The lowest BCUT2D eigenvalue weighted by molar-refractivity contribution is -0.141. The molecule has 0 saturated heterocycles. The van der Waals surface area contributed by atoms with Crippen molar-refractivity contribution in [2.45, 2.75) is 39.5 Å². The van der Waals surface area contributed by atoms with Crippen LogP contribution in [0, 0.1) is 0 Å². The van der Waals surface area contributed by atoms with E-state index in [2.05, 4.69) is 4.98 Å². The first-order valence-electron chi connectivity index (χ1n) is 7.24. The maximum absolute atomic E-state index is 12.9. The minimum absolute atomic E-state index is 0.0475. The van der Waals surface area contributed by atoms with Crippen molar-refractivity contribution in [3.8, 4) is 0 Å². The molecule has 0 saturated carbocycles. The maximum Gasteiger partial charge on any atom is 0.433 e. The summed E-state index contributed by atoms with van der Waals surface area (Å²) in [5.74, 6) is -0.810. The van der Waals surface area contributed by atoms with Gasteiger partial charge in [-0.2, -0.15) is 13.2 Å². The molecule has 0 aliphatic heterocycles. The zero-order chi connectivity index (χ0) is 19.4. The predicted octanol–water partition coefficient (Wildman–Crippen LogP) is 4.06. The molecule has 0 unspecified atom stereocenters. The highest BCUT2D eigenvalue weighted by molar-refractivity contribution is 6.29. The van der Waals surface area contributed by atoms with E-state index < -0.39 is 41.2 Å². The Morgan fingerprint density at radius 3 is 2.32 bits per heavy atom. The quantitative estimate of drug-likeness (QED) is 0.580. The average Bonchev–Trinajstić information content (AvgIpc) is 2.41. The smallest absolute Gasteiger partial charge is 0.433 e. The van der Waals surface area contributed by atoms with Gasteiger partial charge in [0.15, 0.2) is 0 Å². The molecule has 0 N–H and O–H groups in total. The Labute approximate surface area is 147 Å². The number of pyridine rings is 1. The van der Waals surface area contributed by atoms with Gasteiger partial charge in [0.1, 0.15) is 23.0 Å². The van der Waals surface area contributed by atoms with Crippen LogP contribution in [0.4, 0.5) is 23.7 Å². The van der Waals surface area contributed by atoms with E-state index in [0.29, 0.717) is 11.0 Å². The molecule has 1 aromatic rings. The average molecular weight is 383 g/mol. The highest BCUT2D eigenvalue weighted by Gasteiger charge is 2.35. The second-order valence-corrected chi connectivity index (χ2v) is 6.29. The van der Waals surface area contributed by atoms with Gasteiger partial charge in [0, 0.05) is 0 Å². The van der Waals surface area contributed by atoms with Crippen molar-refractivity contribution in [2.24, 2.45) is 0 Å². The van der Waals surface area contributed by atoms with E-state index in [-0.39, 0.29) is 12.3 Å². The molecule has 25 heavy (non-hydrogen) atoms. The molecular formula is C15H18ClF3N2O4. The number of alkyl halides is 3. The summed E-state index contributed by atoms with van der Waals surface area (Å²) >= 11 is 5.63. The lowest BCUT2D eigenvalue weighted by Crippen LogP contribution is -2.40. The van der Waals surface area contributed by atoms with Gasteiger partial charge in [-0.3, -0.25) is 9.69 Å². The van der Waals surface area contributed by atoms with Crippen LogP contribution in [-0.2, 0) is 20.4 Å². The highest BCUT2D eigenvalue weighted by Crippen LogP contribution is 2.32. The summed E-state index contributed by atoms with van der Waals surface area (Å²) in [6, 6.07) is 1.63. The van der Waals surface area contributed by atoms with Gasteiger partial charge in [-0.1, -0.05) is 11.6 Å². The van der Waals surface area contributed by atoms with E-state index in [4.69, 9.17) is 21.1 Å². The summed E-state index contributed by atoms with van der Waals surface area (Å²) in [6.45, 7) is 5.70. The molecule has 0 aliphatic carbocycles. The third kappa shape index (κ3) is 6.77. The normalized spacial score (nSPS) is 11.8. The maximum atomic E-state index is 12.9. The molecule has 0 spiro atoms. The van der Waals surface area contributed by atoms with E-state index >= 15 is 0 Å². The number of halogens is 4. The van der Waals surface area contributed by atoms with Crippen LogP contribution in [0.2, 0.25) is 5.15 Å². The van der Waals surface area contributed by atoms with Crippen molar-refractivity contribution in [2.75, 3.05) is 18.1 Å². The van der Waals surface area contributed by atoms with Gasteiger partial charge >= 0.3 is 18.2 Å². The van der Waals surface area contributed by atoms with Gasteiger partial charge in [0.2, 0.25) is 0 Å². The SMILES string of the molecule is CCOC(=O)CN(C(=O)OC(C)(C)C)c1cc(Cl)nc(C(F)(F)F)c1. The third-order valence-electron chi connectivity index (χ3n) is 2.59. The Kier molecular flexibility index (Phi) is 6.64. The van der Waals surface area contributed by atoms with Crippen molar-refractivity contribution in [1.29, 1.82) is 0 Å². The van der Waals surface area contributed by atoms with Gasteiger partial charge in [-0.25, -0.2) is 9.78 Å². The fourth-order valence-electron chi connectivity index (χ4n) is 1.70. The standard InChI is InChI=1S/C15H18ClF3N2O4/c1-5-24-12(22)8-21(13(23)25-14(2,3)4)9-6-10(15(17,18)19)20-11(16)7-9/h6-7H,5,8H2,1-4H3. The second kappa shape index (κ2) is 7.90. The first-order chi connectivity index (χ1) is 11.3. The fraction of sp³-hybridized carbons (Fsp3) is 0.533.